The van der Waals surface area contributed by atoms with E-state index in [-0.39, 0.29) is 0 Å². The molecule has 0 aliphatic carbocycles. The molecule has 0 fully saturated rings. The maximum absolute atomic E-state index is 4.24. The van der Waals surface area contributed by atoms with Crippen molar-refractivity contribution in [3.05, 3.63) is 36.1 Å². The Morgan fingerprint density at radius 3 is 2.93 bits per heavy atom. The highest BCUT2D eigenvalue weighted by Crippen LogP contribution is 2.10. The topological polar surface area (TPSA) is 12.4 Å². The molecule has 72 valence electrons. The summed E-state index contributed by atoms with van der Waals surface area (Å²) in [7, 11) is 0. The van der Waals surface area contributed by atoms with Gasteiger partial charge in [-0.15, -0.1) is 0 Å². The van der Waals surface area contributed by atoms with E-state index in [4.69, 9.17) is 0 Å². The lowest BCUT2D eigenvalue weighted by molar-refractivity contribution is 1.01. The first kappa shape index (κ1) is 10.5. The van der Waals surface area contributed by atoms with Crippen molar-refractivity contribution >= 4 is 5.71 Å². The van der Waals surface area contributed by atoms with Gasteiger partial charge in [-0.25, -0.2) is 0 Å². The van der Waals surface area contributed by atoms with E-state index >= 15 is 0 Å². The molecule has 0 unspecified atom stereocenters. The highest BCUT2D eigenvalue weighted by Gasteiger charge is 2.00. The van der Waals surface area contributed by atoms with Crippen molar-refractivity contribution in [2.45, 2.75) is 26.7 Å². The molecule has 0 saturated heterocycles. The van der Waals surface area contributed by atoms with Gasteiger partial charge in [-0.05, 0) is 32.8 Å². The Morgan fingerprint density at radius 1 is 1.57 bits per heavy atom. The predicted octanol–water partition coefficient (Wildman–Crippen LogP) is 3.26. The van der Waals surface area contributed by atoms with Crippen LogP contribution < -0.4 is 0 Å². The second-order valence-electron chi connectivity index (χ2n) is 3.47. The molecule has 0 aromatic heterocycles. The van der Waals surface area contributed by atoms with Crippen LogP contribution in [0, 0.1) is 11.8 Å². The third-order valence-corrected chi connectivity index (χ3v) is 1.88. The predicted molar refractivity (Wildman–Crippen MR) is 62.2 cm³/mol. The summed E-state index contributed by atoms with van der Waals surface area (Å²) >= 11 is 0. The van der Waals surface area contributed by atoms with Gasteiger partial charge in [0.2, 0.25) is 0 Å². The number of hydrogen-bond donors (Lipinski definition) is 0. The van der Waals surface area contributed by atoms with Crippen LogP contribution >= 0.6 is 0 Å². The Morgan fingerprint density at radius 2 is 2.36 bits per heavy atom. The van der Waals surface area contributed by atoms with Gasteiger partial charge in [-0.3, -0.25) is 4.99 Å². The minimum Gasteiger partial charge on any atom is -0.265 e. The first-order valence-corrected chi connectivity index (χ1v) is 4.74. The van der Waals surface area contributed by atoms with Crippen molar-refractivity contribution in [1.29, 1.82) is 0 Å². The van der Waals surface area contributed by atoms with Gasteiger partial charge in [-0.2, -0.15) is 0 Å². The average molecular weight is 185 g/mol. The Kier molecular flexibility index (Phi) is 3.94. The molecule has 0 atom stereocenters. The molecule has 1 aliphatic rings. The van der Waals surface area contributed by atoms with Crippen molar-refractivity contribution < 1.29 is 0 Å². The van der Waals surface area contributed by atoms with Gasteiger partial charge in [0, 0.05) is 17.5 Å². The molecule has 0 aromatic carbocycles. The van der Waals surface area contributed by atoms with Gasteiger partial charge in [0.1, 0.15) is 0 Å². The van der Waals surface area contributed by atoms with Crippen LogP contribution in [0.3, 0.4) is 0 Å². The van der Waals surface area contributed by atoms with Crippen molar-refractivity contribution in [2.24, 2.45) is 4.99 Å². The van der Waals surface area contributed by atoms with Crippen LogP contribution in [0.2, 0.25) is 0 Å². The largest absolute Gasteiger partial charge is 0.265 e. The molecule has 0 spiro atoms. The molecule has 0 radical (unpaired) electrons. The van der Waals surface area contributed by atoms with Crippen molar-refractivity contribution in [3.63, 3.8) is 0 Å². The van der Waals surface area contributed by atoms with Crippen LogP contribution in [-0.2, 0) is 0 Å². The molecule has 1 heterocycles. The molecule has 1 rings (SSSR count). The fourth-order valence-electron chi connectivity index (χ4n) is 1.05. The first-order valence-electron chi connectivity index (χ1n) is 4.74. The van der Waals surface area contributed by atoms with Gasteiger partial charge >= 0.3 is 0 Å². The summed E-state index contributed by atoms with van der Waals surface area (Å²) in [5.41, 5.74) is 3.32. The molecule has 0 bridgehead atoms. The Bertz CT molecular complexity index is 370. The fraction of sp³-hybridized carbons (Fsp3) is 0.308. The smallest absolute Gasteiger partial charge is 0.0383 e. The van der Waals surface area contributed by atoms with E-state index in [1.54, 1.807) is 0 Å². The lowest BCUT2D eigenvalue weighted by atomic mass is 10.1. The van der Waals surface area contributed by atoms with Gasteiger partial charge in [-0.1, -0.05) is 30.1 Å². The van der Waals surface area contributed by atoms with E-state index in [9.17, 15) is 0 Å². The summed E-state index contributed by atoms with van der Waals surface area (Å²) < 4.78 is 0. The van der Waals surface area contributed by atoms with Crippen LogP contribution in [0.15, 0.2) is 41.1 Å². The first-order chi connectivity index (χ1) is 6.68. The Hall–Kier alpha value is -1.55. The normalized spacial score (nSPS) is 15.6. The highest BCUT2D eigenvalue weighted by atomic mass is 14.7. The number of aliphatic imine (C=N–C) groups is 1. The Labute approximate surface area is 85.9 Å². The summed E-state index contributed by atoms with van der Waals surface area (Å²) in [6.07, 6.45) is 7.65. The van der Waals surface area contributed by atoms with Crippen molar-refractivity contribution in [1.82, 2.24) is 0 Å². The van der Waals surface area contributed by atoms with Crippen LogP contribution in [-0.4, -0.2) is 5.71 Å². The van der Waals surface area contributed by atoms with Crippen molar-refractivity contribution in [2.75, 3.05) is 0 Å². The van der Waals surface area contributed by atoms with Crippen LogP contribution in [0.5, 0.6) is 0 Å². The lowest BCUT2D eigenvalue weighted by Gasteiger charge is -2.04. The van der Waals surface area contributed by atoms with Crippen molar-refractivity contribution in [3.8, 4) is 11.8 Å². The van der Waals surface area contributed by atoms with E-state index in [0.717, 1.165) is 24.0 Å². The fourth-order valence-corrected chi connectivity index (χ4v) is 1.05. The van der Waals surface area contributed by atoms with Crippen LogP contribution in [0.25, 0.3) is 0 Å². The summed E-state index contributed by atoms with van der Waals surface area (Å²) in [6.45, 7) is 7.75. The zero-order valence-corrected chi connectivity index (χ0v) is 8.80. The van der Waals surface area contributed by atoms with E-state index in [1.165, 1.54) is 5.71 Å². The maximum atomic E-state index is 4.24. The molecule has 0 N–H and O–H groups in total. The molecule has 1 nitrogen and oxygen atoms in total. The van der Waals surface area contributed by atoms with Gasteiger partial charge in [0.25, 0.3) is 0 Å². The number of hydrogen-bond acceptors (Lipinski definition) is 1. The second kappa shape index (κ2) is 5.24. The summed E-state index contributed by atoms with van der Waals surface area (Å²) in [5.74, 6) is 6.05. The summed E-state index contributed by atoms with van der Waals surface area (Å²) in [4.78, 5) is 4.24. The zero-order valence-electron chi connectivity index (χ0n) is 8.80. The van der Waals surface area contributed by atoms with Crippen LogP contribution in [0.1, 0.15) is 26.7 Å². The zero-order chi connectivity index (χ0) is 10.4. The molecule has 1 heteroatoms. The van der Waals surface area contributed by atoms with E-state index < -0.39 is 0 Å². The number of nitrogens with zero attached hydrogens (tertiary/aromatic N) is 1. The monoisotopic (exact) mass is 185 g/mol. The van der Waals surface area contributed by atoms with E-state index in [2.05, 4.69) is 23.4 Å². The third-order valence-electron chi connectivity index (χ3n) is 1.88. The molecular weight excluding hydrogens is 170 g/mol. The van der Waals surface area contributed by atoms with Gasteiger partial charge < -0.3 is 0 Å². The molecule has 0 amide bonds. The highest BCUT2D eigenvalue weighted by molar-refractivity contribution is 5.83. The number of allylic oxidation sites excluding steroid dienone is 4. The van der Waals surface area contributed by atoms with Crippen LogP contribution in [0.4, 0.5) is 0 Å². The minimum atomic E-state index is 1.02. The average Bonchev–Trinajstić information content (AvgIpc) is 2.15. The summed E-state index contributed by atoms with van der Waals surface area (Å²) in [6, 6.07) is 0. The van der Waals surface area contributed by atoms with Gasteiger partial charge in [0.05, 0.1) is 0 Å². The van der Waals surface area contributed by atoms with E-state index in [0.29, 0.717) is 0 Å². The quantitative estimate of drug-likeness (QED) is 0.439. The lowest BCUT2D eigenvalue weighted by Crippen LogP contribution is -1.96. The third kappa shape index (κ3) is 3.91. The molecule has 1 aliphatic heterocycles. The molecular formula is C13H15N. The molecule has 0 saturated carbocycles. The van der Waals surface area contributed by atoms with Gasteiger partial charge in [0.15, 0.2) is 0 Å². The van der Waals surface area contributed by atoms with E-state index in [1.807, 2.05) is 32.2 Å². The maximum Gasteiger partial charge on any atom is 0.0383 e. The molecule has 0 aromatic rings. The minimum absolute atomic E-state index is 1.02. The Balaban J connectivity index is 2.57. The SMILES string of the molecule is C=C(C)/C=C/C#CC1=CN=C(C)CC1. The molecule has 14 heavy (non-hydrogen) atoms. The standard InChI is InChI=1S/C13H15N/c1-11(2)6-4-5-7-13-9-8-12(3)14-10-13/h4,6,10H,1,8-9H2,2-3H3/b6-4+. The summed E-state index contributed by atoms with van der Waals surface area (Å²) in [5, 5.41) is 0. The number of rotatable bonds is 1. The second-order valence-corrected chi connectivity index (χ2v) is 3.47.